The van der Waals surface area contributed by atoms with Crippen LogP contribution >= 0.6 is 15.9 Å². The number of carbonyl (C=O) groups excluding carboxylic acids is 2. The van der Waals surface area contributed by atoms with Crippen molar-refractivity contribution in [3.05, 3.63) is 34.3 Å². The van der Waals surface area contributed by atoms with Crippen molar-refractivity contribution in [2.24, 2.45) is 0 Å². The third-order valence-corrected chi connectivity index (χ3v) is 3.89. The summed E-state index contributed by atoms with van der Waals surface area (Å²) in [6.45, 7) is 2.81. The second-order valence-electron chi connectivity index (χ2n) is 5.03. The van der Waals surface area contributed by atoms with Gasteiger partial charge in [-0.15, -0.1) is 0 Å². The largest absolute Gasteiger partial charge is 0.480 e. The number of carboxylic acid groups (broad SMARTS) is 1. The summed E-state index contributed by atoms with van der Waals surface area (Å²) in [4.78, 5) is 35.7. The number of hydrogen-bond donors (Lipinski definition) is 2. The van der Waals surface area contributed by atoms with Crippen LogP contribution in [0.25, 0.3) is 0 Å². The molecule has 0 fully saturated rings. The fraction of sp³-hybridized carbons (Fsp3) is 0.400. The number of rotatable bonds is 6. The molecule has 0 spiro atoms. The van der Waals surface area contributed by atoms with Gasteiger partial charge in [-0.05, 0) is 24.6 Å². The first kappa shape index (κ1) is 18.2. The van der Waals surface area contributed by atoms with Crippen molar-refractivity contribution in [3.8, 4) is 0 Å². The molecule has 1 aromatic rings. The lowest BCUT2D eigenvalue weighted by atomic mass is 10.0. The zero-order valence-electron chi connectivity index (χ0n) is 12.7. The van der Waals surface area contributed by atoms with Gasteiger partial charge in [0.2, 0.25) is 11.8 Å². The molecule has 0 aromatic heterocycles. The Morgan fingerprint density at radius 2 is 1.82 bits per heavy atom. The van der Waals surface area contributed by atoms with E-state index in [9.17, 15) is 14.4 Å². The minimum Gasteiger partial charge on any atom is -0.480 e. The molecular formula is C15H19BrN2O4. The number of halogens is 1. The zero-order valence-corrected chi connectivity index (χ0v) is 14.3. The molecule has 1 rings (SSSR count). The number of hydrogen-bond acceptors (Lipinski definition) is 3. The van der Waals surface area contributed by atoms with Crippen LogP contribution in [0.4, 0.5) is 0 Å². The van der Waals surface area contributed by atoms with Gasteiger partial charge in [-0.1, -0.05) is 28.1 Å². The average molecular weight is 371 g/mol. The maximum atomic E-state index is 12.2. The number of carbonyl (C=O) groups is 3. The Morgan fingerprint density at radius 1 is 1.27 bits per heavy atom. The van der Waals surface area contributed by atoms with E-state index in [-0.39, 0.29) is 18.2 Å². The fourth-order valence-corrected chi connectivity index (χ4v) is 2.16. The van der Waals surface area contributed by atoms with Gasteiger partial charge in [0.15, 0.2) is 0 Å². The predicted molar refractivity (Wildman–Crippen MR) is 85.2 cm³/mol. The first-order valence-corrected chi connectivity index (χ1v) is 7.52. The quantitative estimate of drug-likeness (QED) is 0.800. The molecule has 0 heterocycles. The molecule has 1 aromatic carbocycles. The lowest BCUT2D eigenvalue weighted by molar-refractivity contribution is -0.148. The van der Waals surface area contributed by atoms with Gasteiger partial charge in [0.1, 0.15) is 6.04 Å². The molecule has 2 amide bonds. The Labute approximate surface area is 137 Å². The SMILES string of the molecule is CC(=O)NC(CC(=O)N(C)C(C)C(=O)O)c1ccc(Br)cc1. The van der Waals surface area contributed by atoms with Gasteiger partial charge < -0.3 is 15.3 Å². The summed E-state index contributed by atoms with van der Waals surface area (Å²) in [6.07, 6.45) is -0.00463. The van der Waals surface area contributed by atoms with Crippen LogP contribution in [0.5, 0.6) is 0 Å². The van der Waals surface area contributed by atoms with Crippen LogP contribution in [-0.2, 0) is 14.4 Å². The van der Waals surface area contributed by atoms with E-state index >= 15 is 0 Å². The van der Waals surface area contributed by atoms with Gasteiger partial charge in [0.05, 0.1) is 12.5 Å². The van der Waals surface area contributed by atoms with E-state index in [4.69, 9.17) is 5.11 Å². The normalized spacial score (nSPS) is 13.1. The molecule has 0 aliphatic heterocycles. The molecule has 0 aliphatic rings. The van der Waals surface area contributed by atoms with E-state index in [2.05, 4.69) is 21.2 Å². The number of benzene rings is 1. The molecule has 0 saturated heterocycles. The van der Waals surface area contributed by atoms with E-state index in [0.717, 1.165) is 14.9 Å². The Bertz CT molecular complexity index is 559. The summed E-state index contributed by atoms with van der Waals surface area (Å²) >= 11 is 3.33. The maximum Gasteiger partial charge on any atom is 0.326 e. The van der Waals surface area contributed by atoms with Gasteiger partial charge in [-0.25, -0.2) is 4.79 Å². The van der Waals surface area contributed by atoms with Crippen LogP contribution in [0, 0.1) is 0 Å². The topological polar surface area (TPSA) is 86.7 Å². The zero-order chi connectivity index (χ0) is 16.9. The van der Waals surface area contributed by atoms with Crippen molar-refractivity contribution in [2.75, 3.05) is 7.05 Å². The van der Waals surface area contributed by atoms with Crippen molar-refractivity contribution in [1.29, 1.82) is 0 Å². The molecule has 0 aliphatic carbocycles. The van der Waals surface area contributed by atoms with Gasteiger partial charge in [0, 0.05) is 18.4 Å². The first-order valence-electron chi connectivity index (χ1n) is 6.73. The molecule has 0 radical (unpaired) electrons. The second-order valence-corrected chi connectivity index (χ2v) is 5.94. The van der Waals surface area contributed by atoms with E-state index in [1.54, 1.807) is 12.1 Å². The van der Waals surface area contributed by atoms with Crippen LogP contribution in [-0.4, -0.2) is 40.9 Å². The van der Waals surface area contributed by atoms with Crippen LogP contribution in [0.3, 0.4) is 0 Å². The average Bonchev–Trinajstić information content (AvgIpc) is 2.45. The molecule has 7 heteroatoms. The van der Waals surface area contributed by atoms with Crippen molar-refractivity contribution < 1.29 is 19.5 Å². The van der Waals surface area contributed by atoms with Crippen LogP contribution in [0.15, 0.2) is 28.7 Å². The molecule has 2 atom stereocenters. The van der Waals surface area contributed by atoms with Crippen LogP contribution in [0.1, 0.15) is 31.9 Å². The van der Waals surface area contributed by atoms with E-state index in [0.29, 0.717) is 0 Å². The highest BCUT2D eigenvalue weighted by Gasteiger charge is 2.25. The standard InChI is InChI=1S/C15H19BrN2O4/c1-9(15(21)22)18(3)14(20)8-13(17-10(2)19)11-4-6-12(16)7-5-11/h4-7,9,13H,8H2,1-3H3,(H,17,19)(H,21,22). The molecule has 120 valence electrons. The Hall–Kier alpha value is -1.89. The summed E-state index contributed by atoms with van der Waals surface area (Å²) in [5.41, 5.74) is 0.781. The van der Waals surface area contributed by atoms with Crippen LogP contribution < -0.4 is 5.32 Å². The highest BCUT2D eigenvalue weighted by molar-refractivity contribution is 9.10. The van der Waals surface area contributed by atoms with Crippen molar-refractivity contribution in [2.45, 2.75) is 32.4 Å². The molecule has 2 N–H and O–H groups in total. The Balaban J connectivity index is 2.89. The lowest BCUT2D eigenvalue weighted by Crippen LogP contribution is -2.42. The minimum absolute atomic E-state index is 0.00463. The molecular weight excluding hydrogens is 352 g/mol. The summed E-state index contributed by atoms with van der Waals surface area (Å²) in [5.74, 6) is -1.68. The fourth-order valence-electron chi connectivity index (χ4n) is 1.89. The number of aliphatic carboxylic acids is 1. The highest BCUT2D eigenvalue weighted by Crippen LogP contribution is 2.21. The molecule has 0 bridgehead atoms. The second kappa shape index (κ2) is 7.93. The Kier molecular flexibility index (Phi) is 6.55. The molecule has 0 saturated carbocycles. The van der Waals surface area contributed by atoms with E-state index in [1.807, 2.05) is 12.1 Å². The van der Waals surface area contributed by atoms with Crippen molar-refractivity contribution in [1.82, 2.24) is 10.2 Å². The summed E-state index contributed by atoms with van der Waals surface area (Å²) in [7, 11) is 1.44. The summed E-state index contributed by atoms with van der Waals surface area (Å²) in [6, 6.07) is 5.82. The van der Waals surface area contributed by atoms with E-state index < -0.39 is 18.1 Å². The van der Waals surface area contributed by atoms with Gasteiger partial charge in [0.25, 0.3) is 0 Å². The number of nitrogens with one attached hydrogen (secondary N) is 1. The van der Waals surface area contributed by atoms with Gasteiger partial charge in [-0.2, -0.15) is 0 Å². The highest BCUT2D eigenvalue weighted by atomic mass is 79.9. The number of nitrogens with zero attached hydrogens (tertiary/aromatic N) is 1. The van der Waals surface area contributed by atoms with Crippen molar-refractivity contribution in [3.63, 3.8) is 0 Å². The lowest BCUT2D eigenvalue weighted by Gasteiger charge is -2.25. The summed E-state index contributed by atoms with van der Waals surface area (Å²) < 4.78 is 0.890. The smallest absolute Gasteiger partial charge is 0.326 e. The number of likely N-dealkylation sites (N-methyl/N-ethyl adjacent to an activating group) is 1. The van der Waals surface area contributed by atoms with Crippen LogP contribution in [0.2, 0.25) is 0 Å². The maximum absolute atomic E-state index is 12.2. The van der Waals surface area contributed by atoms with E-state index in [1.165, 1.54) is 20.9 Å². The monoisotopic (exact) mass is 370 g/mol. The third kappa shape index (κ3) is 5.14. The summed E-state index contributed by atoms with van der Waals surface area (Å²) in [5, 5.41) is 11.7. The molecule has 6 nitrogen and oxygen atoms in total. The number of amides is 2. The van der Waals surface area contributed by atoms with Crippen molar-refractivity contribution >= 4 is 33.7 Å². The van der Waals surface area contributed by atoms with Gasteiger partial charge in [-0.3, -0.25) is 9.59 Å². The minimum atomic E-state index is -1.07. The number of carboxylic acids is 1. The Morgan fingerprint density at radius 3 is 2.27 bits per heavy atom. The molecule has 2 unspecified atom stereocenters. The first-order chi connectivity index (χ1) is 10.2. The third-order valence-electron chi connectivity index (χ3n) is 3.36. The predicted octanol–water partition coefficient (Wildman–Crippen LogP) is 1.95. The molecule has 22 heavy (non-hydrogen) atoms. The van der Waals surface area contributed by atoms with Gasteiger partial charge >= 0.3 is 5.97 Å².